The number of amides is 1. The predicted molar refractivity (Wildman–Crippen MR) is 86.5 cm³/mol. The molecule has 0 spiro atoms. The van der Waals surface area contributed by atoms with Crippen molar-refractivity contribution in [1.29, 1.82) is 0 Å². The molecule has 0 radical (unpaired) electrons. The fraction of sp³-hybridized carbons (Fsp3) is 0.125. The summed E-state index contributed by atoms with van der Waals surface area (Å²) in [7, 11) is -3.29. The van der Waals surface area contributed by atoms with Gasteiger partial charge in [0.05, 0.1) is 29.2 Å². The third-order valence-electron chi connectivity index (χ3n) is 3.84. The van der Waals surface area contributed by atoms with Crippen molar-refractivity contribution in [3.63, 3.8) is 0 Å². The maximum atomic E-state index is 13.2. The number of carbonyl (C=O) groups is 1. The topological polar surface area (TPSA) is 94.2 Å². The summed E-state index contributed by atoms with van der Waals surface area (Å²) in [6.07, 6.45) is 1.36. The van der Waals surface area contributed by atoms with Crippen LogP contribution in [0.5, 0.6) is 0 Å². The van der Waals surface area contributed by atoms with Crippen LogP contribution >= 0.6 is 0 Å². The number of hydrogen-bond acceptors (Lipinski definition) is 5. The third kappa shape index (κ3) is 2.82. The maximum absolute atomic E-state index is 13.2. The number of aromatic nitrogens is 2. The Balaban J connectivity index is 1.80. The highest BCUT2D eigenvalue weighted by atomic mass is 32.2. The van der Waals surface area contributed by atoms with E-state index in [9.17, 15) is 17.6 Å². The highest BCUT2D eigenvalue weighted by Crippen LogP contribution is 2.33. The van der Waals surface area contributed by atoms with Gasteiger partial charge in [0.2, 0.25) is 0 Å². The Bertz CT molecular complexity index is 1050. The average Bonchev–Trinajstić information content (AvgIpc) is 3.25. The van der Waals surface area contributed by atoms with E-state index in [1.54, 1.807) is 6.07 Å². The molecule has 1 amide bonds. The molecule has 1 aliphatic heterocycles. The summed E-state index contributed by atoms with van der Waals surface area (Å²) < 4.78 is 43.4. The molecule has 0 saturated heterocycles. The Morgan fingerprint density at radius 3 is 2.64 bits per heavy atom. The molecule has 0 aliphatic carbocycles. The molecular weight excluding hydrogens is 349 g/mol. The number of carbonyl (C=O) groups excluding carboxylic acids is 1. The van der Waals surface area contributed by atoms with Crippen molar-refractivity contribution in [1.82, 2.24) is 9.78 Å². The lowest BCUT2D eigenvalue weighted by molar-refractivity contribution is 0.0996. The summed E-state index contributed by atoms with van der Waals surface area (Å²) in [6.45, 7) is 0. The van der Waals surface area contributed by atoms with E-state index in [0.717, 1.165) is 0 Å². The second-order valence-electron chi connectivity index (χ2n) is 5.63. The Hall–Kier alpha value is -2.94. The number of benzene rings is 1. The quantitative estimate of drug-likeness (QED) is 0.772. The largest absolute Gasteiger partial charge is 0.459 e. The summed E-state index contributed by atoms with van der Waals surface area (Å²) in [5.74, 6) is -1.02. The van der Waals surface area contributed by atoms with Crippen LogP contribution in [0.1, 0.15) is 21.8 Å². The van der Waals surface area contributed by atoms with Gasteiger partial charge >= 0.3 is 0 Å². The number of sulfone groups is 1. The van der Waals surface area contributed by atoms with Gasteiger partial charge in [0.1, 0.15) is 11.6 Å². The first-order chi connectivity index (χ1) is 11.9. The molecule has 0 unspecified atom stereocenters. The van der Waals surface area contributed by atoms with Crippen LogP contribution in [-0.2, 0) is 21.3 Å². The molecular formula is C16H12FN3O4S. The van der Waals surface area contributed by atoms with Gasteiger partial charge in [-0.15, -0.1) is 0 Å². The van der Waals surface area contributed by atoms with Crippen molar-refractivity contribution >= 4 is 21.6 Å². The smallest absolute Gasteiger partial charge is 0.292 e. The predicted octanol–water partition coefficient (Wildman–Crippen LogP) is 2.29. The van der Waals surface area contributed by atoms with Crippen LogP contribution in [0.4, 0.5) is 10.2 Å². The summed E-state index contributed by atoms with van der Waals surface area (Å²) >= 11 is 0. The van der Waals surface area contributed by atoms with Crippen molar-refractivity contribution in [2.45, 2.75) is 11.5 Å². The molecule has 1 N–H and O–H groups in total. The Morgan fingerprint density at radius 1 is 1.20 bits per heavy atom. The van der Waals surface area contributed by atoms with Gasteiger partial charge in [-0.05, 0) is 36.4 Å². The van der Waals surface area contributed by atoms with Crippen LogP contribution in [0.25, 0.3) is 5.69 Å². The van der Waals surface area contributed by atoms with E-state index in [-0.39, 0.29) is 23.1 Å². The van der Waals surface area contributed by atoms with Gasteiger partial charge in [-0.1, -0.05) is 0 Å². The number of fused-ring (bicyclic) bond motifs is 1. The van der Waals surface area contributed by atoms with Crippen LogP contribution in [0.3, 0.4) is 0 Å². The standard InChI is InChI=1S/C16H12FN3O4S/c17-10-3-5-11(6-4-10)20-15(18-16(21)14-2-1-7-24-14)12-8-25(22,23)9-13(12)19-20/h1-7H,8-9H2,(H,18,21). The average molecular weight is 361 g/mol. The maximum Gasteiger partial charge on any atom is 0.292 e. The molecule has 7 nitrogen and oxygen atoms in total. The first-order valence-electron chi connectivity index (χ1n) is 7.35. The third-order valence-corrected chi connectivity index (χ3v) is 5.28. The minimum atomic E-state index is -3.29. The molecule has 0 saturated carbocycles. The first kappa shape index (κ1) is 15.6. The lowest BCUT2D eigenvalue weighted by atomic mass is 10.2. The van der Waals surface area contributed by atoms with Gasteiger partial charge in [-0.25, -0.2) is 17.5 Å². The van der Waals surface area contributed by atoms with E-state index in [1.165, 1.54) is 41.3 Å². The van der Waals surface area contributed by atoms with Gasteiger partial charge in [-0.2, -0.15) is 5.10 Å². The normalized spacial score (nSPS) is 15.1. The van der Waals surface area contributed by atoms with E-state index >= 15 is 0 Å². The lowest BCUT2D eigenvalue weighted by Crippen LogP contribution is -2.16. The minimum absolute atomic E-state index is 0.0847. The fourth-order valence-corrected chi connectivity index (χ4v) is 4.21. The number of furan rings is 1. The fourth-order valence-electron chi connectivity index (χ4n) is 2.72. The second-order valence-corrected chi connectivity index (χ2v) is 7.69. The van der Waals surface area contributed by atoms with Crippen LogP contribution in [0, 0.1) is 5.82 Å². The zero-order valence-corrected chi connectivity index (χ0v) is 13.6. The zero-order valence-electron chi connectivity index (χ0n) is 12.8. The molecule has 0 atom stereocenters. The highest BCUT2D eigenvalue weighted by molar-refractivity contribution is 7.90. The van der Waals surface area contributed by atoms with Crippen LogP contribution < -0.4 is 5.32 Å². The van der Waals surface area contributed by atoms with E-state index in [2.05, 4.69) is 10.4 Å². The van der Waals surface area contributed by atoms with Crippen molar-refractivity contribution in [2.75, 3.05) is 5.32 Å². The van der Waals surface area contributed by atoms with E-state index in [1.807, 2.05) is 0 Å². The molecule has 3 heterocycles. The summed E-state index contributed by atoms with van der Waals surface area (Å²) in [5, 5.41) is 6.94. The van der Waals surface area contributed by atoms with E-state index < -0.39 is 21.6 Å². The summed E-state index contributed by atoms with van der Waals surface area (Å²) in [5.41, 5.74) is 1.31. The van der Waals surface area contributed by atoms with Crippen LogP contribution in [-0.4, -0.2) is 24.1 Å². The molecule has 25 heavy (non-hydrogen) atoms. The zero-order chi connectivity index (χ0) is 17.6. The van der Waals surface area contributed by atoms with Crippen molar-refractivity contribution < 1.29 is 22.0 Å². The monoisotopic (exact) mass is 361 g/mol. The molecule has 3 aromatic rings. The lowest BCUT2D eigenvalue weighted by Gasteiger charge is -2.10. The number of halogens is 1. The summed E-state index contributed by atoms with van der Waals surface area (Å²) in [4.78, 5) is 12.3. The first-order valence-corrected chi connectivity index (χ1v) is 9.17. The van der Waals surface area contributed by atoms with Gasteiger partial charge in [0.15, 0.2) is 15.6 Å². The molecule has 2 aromatic heterocycles. The van der Waals surface area contributed by atoms with E-state index in [0.29, 0.717) is 16.9 Å². The Morgan fingerprint density at radius 2 is 1.96 bits per heavy atom. The molecule has 1 aliphatic rings. The number of nitrogens with one attached hydrogen (secondary N) is 1. The highest BCUT2D eigenvalue weighted by Gasteiger charge is 2.33. The molecule has 128 valence electrons. The van der Waals surface area contributed by atoms with E-state index in [4.69, 9.17) is 4.42 Å². The SMILES string of the molecule is O=C(Nc1c2c(nn1-c1ccc(F)cc1)CS(=O)(=O)C2)c1ccco1. The number of hydrogen-bond donors (Lipinski definition) is 1. The second kappa shape index (κ2) is 5.55. The van der Waals surface area contributed by atoms with Crippen LogP contribution in [0.2, 0.25) is 0 Å². The number of anilines is 1. The molecule has 0 fully saturated rings. The Kier molecular flexibility index (Phi) is 3.46. The number of nitrogens with zero attached hydrogens (tertiary/aromatic N) is 2. The van der Waals surface area contributed by atoms with Gasteiger partial charge in [0, 0.05) is 5.56 Å². The van der Waals surface area contributed by atoms with Crippen molar-refractivity contribution in [3.05, 3.63) is 65.5 Å². The minimum Gasteiger partial charge on any atom is -0.459 e. The van der Waals surface area contributed by atoms with Crippen molar-refractivity contribution in [2.24, 2.45) is 0 Å². The van der Waals surface area contributed by atoms with Gasteiger partial charge < -0.3 is 9.73 Å². The van der Waals surface area contributed by atoms with Crippen molar-refractivity contribution in [3.8, 4) is 5.69 Å². The number of rotatable bonds is 3. The molecule has 0 bridgehead atoms. The molecule has 9 heteroatoms. The molecule has 4 rings (SSSR count). The van der Waals surface area contributed by atoms with Crippen LogP contribution in [0.15, 0.2) is 47.1 Å². The summed E-state index contributed by atoms with van der Waals surface area (Å²) in [6, 6.07) is 8.57. The van der Waals surface area contributed by atoms with Gasteiger partial charge in [0.25, 0.3) is 5.91 Å². The molecule has 1 aromatic carbocycles. The Labute approximate surface area is 142 Å². The van der Waals surface area contributed by atoms with Gasteiger partial charge in [-0.3, -0.25) is 4.79 Å².